The third-order valence-electron chi connectivity index (χ3n) is 3.64. The average molecular weight is 288 g/mol. The molecule has 1 saturated heterocycles. The number of carbonyl (C=O) groups excluding carboxylic acids is 3. The Hall–Kier alpha value is -2.17. The summed E-state index contributed by atoms with van der Waals surface area (Å²) in [5, 5.41) is 0. The highest BCUT2D eigenvalue weighted by molar-refractivity contribution is 6.35. The van der Waals surface area contributed by atoms with Crippen molar-refractivity contribution in [3.8, 4) is 0 Å². The number of hydrogen-bond acceptors (Lipinski definition) is 3. The average Bonchev–Trinajstić information content (AvgIpc) is 2.43. The highest BCUT2D eigenvalue weighted by Gasteiger charge is 2.34. The van der Waals surface area contributed by atoms with E-state index < -0.39 is 11.8 Å². The first-order chi connectivity index (χ1) is 9.90. The fraction of sp³-hybridized carbons (Fsp3) is 0.438. The van der Waals surface area contributed by atoms with Gasteiger partial charge in [0.05, 0.1) is 6.54 Å². The van der Waals surface area contributed by atoms with Gasteiger partial charge in [0.15, 0.2) is 5.78 Å². The van der Waals surface area contributed by atoms with Crippen LogP contribution < -0.4 is 0 Å². The minimum absolute atomic E-state index is 0.00363. The van der Waals surface area contributed by atoms with Crippen LogP contribution in [0.1, 0.15) is 29.8 Å². The zero-order valence-electron chi connectivity index (χ0n) is 12.6. The molecule has 2 amide bonds. The minimum atomic E-state index is -0.587. The summed E-state index contributed by atoms with van der Waals surface area (Å²) in [7, 11) is 0. The standard InChI is InChI=1S/C16H20N2O3/c1-11(2)18-8-7-17(15(20)16(18)21)10-14(19)13-6-4-5-12(3)9-13/h4-6,9,11H,7-8,10H2,1-3H3. The fourth-order valence-electron chi connectivity index (χ4n) is 2.42. The summed E-state index contributed by atoms with van der Waals surface area (Å²) in [5.41, 5.74) is 1.56. The van der Waals surface area contributed by atoms with Gasteiger partial charge in [-0.1, -0.05) is 23.8 Å². The first-order valence-electron chi connectivity index (χ1n) is 7.10. The molecule has 1 aliphatic rings. The van der Waals surface area contributed by atoms with Gasteiger partial charge < -0.3 is 9.80 Å². The van der Waals surface area contributed by atoms with Crippen LogP contribution in [0.15, 0.2) is 24.3 Å². The van der Waals surface area contributed by atoms with E-state index in [1.54, 1.807) is 12.1 Å². The summed E-state index contributed by atoms with van der Waals surface area (Å²) in [4.78, 5) is 39.1. The number of ketones is 1. The highest BCUT2D eigenvalue weighted by atomic mass is 16.2. The summed E-state index contributed by atoms with van der Waals surface area (Å²) < 4.78 is 0. The summed E-state index contributed by atoms with van der Waals surface area (Å²) in [6.45, 7) is 6.49. The SMILES string of the molecule is Cc1cccc(C(=O)CN2CCN(C(C)C)C(=O)C2=O)c1. The molecule has 1 aromatic carbocycles. The van der Waals surface area contributed by atoms with Gasteiger partial charge in [-0.15, -0.1) is 0 Å². The number of benzene rings is 1. The quantitative estimate of drug-likeness (QED) is 0.619. The lowest BCUT2D eigenvalue weighted by Gasteiger charge is -2.35. The lowest BCUT2D eigenvalue weighted by Crippen LogP contribution is -2.57. The maximum absolute atomic E-state index is 12.2. The Morgan fingerprint density at radius 3 is 2.52 bits per heavy atom. The van der Waals surface area contributed by atoms with Gasteiger partial charge in [-0.3, -0.25) is 14.4 Å². The Morgan fingerprint density at radius 1 is 1.19 bits per heavy atom. The highest BCUT2D eigenvalue weighted by Crippen LogP contribution is 2.11. The molecule has 5 heteroatoms. The number of aryl methyl sites for hydroxylation is 1. The smallest absolute Gasteiger partial charge is 0.312 e. The van der Waals surface area contributed by atoms with Crippen LogP contribution in [0.4, 0.5) is 0 Å². The summed E-state index contributed by atoms with van der Waals surface area (Å²) in [5.74, 6) is -1.25. The second kappa shape index (κ2) is 6.08. The van der Waals surface area contributed by atoms with Crippen molar-refractivity contribution in [3.63, 3.8) is 0 Å². The molecule has 1 heterocycles. The van der Waals surface area contributed by atoms with Gasteiger partial charge in [0.2, 0.25) is 0 Å². The number of amides is 2. The molecular weight excluding hydrogens is 268 g/mol. The molecule has 1 aromatic rings. The predicted molar refractivity (Wildman–Crippen MR) is 78.9 cm³/mol. The van der Waals surface area contributed by atoms with Gasteiger partial charge in [0, 0.05) is 24.7 Å². The largest absolute Gasteiger partial charge is 0.330 e. The molecule has 0 aromatic heterocycles. The van der Waals surface area contributed by atoms with Crippen LogP contribution in [0.25, 0.3) is 0 Å². The van der Waals surface area contributed by atoms with Crippen LogP contribution in [0.3, 0.4) is 0 Å². The Kier molecular flexibility index (Phi) is 4.40. The summed E-state index contributed by atoms with van der Waals surface area (Å²) in [6.07, 6.45) is 0. The first-order valence-corrected chi connectivity index (χ1v) is 7.10. The van der Waals surface area contributed by atoms with Gasteiger partial charge in [-0.25, -0.2) is 0 Å². The van der Waals surface area contributed by atoms with E-state index in [-0.39, 0.29) is 18.4 Å². The molecule has 0 bridgehead atoms. The van der Waals surface area contributed by atoms with Crippen molar-refractivity contribution in [1.29, 1.82) is 0 Å². The second-order valence-electron chi connectivity index (χ2n) is 5.61. The Balaban J connectivity index is 2.06. The van der Waals surface area contributed by atoms with Crippen LogP contribution in [0, 0.1) is 6.92 Å². The number of carbonyl (C=O) groups is 3. The number of hydrogen-bond donors (Lipinski definition) is 0. The van der Waals surface area contributed by atoms with Crippen LogP contribution in [0.2, 0.25) is 0 Å². The van der Waals surface area contributed by atoms with Crippen molar-refractivity contribution in [2.24, 2.45) is 0 Å². The first kappa shape index (κ1) is 15.2. The Bertz CT molecular complexity index is 581. The maximum Gasteiger partial charge on any atom is 0.312 e. The molecule has 0 atom stereocenters. The van der Waals surface area contributed by atoms with Crippen LogP contribution >= 0.6 is 0 Å². The zero-order valence-corrected chi connectivity index (χ0v) is 12.6. The molecule has 0 radical (unpaired) electrons. The van der Waals surface area contributed by atoms with Gasteiger partial charge in [0.25, 0.3) is 0 Å². The van der Waals surface area contributed by atoms with E-state index in [1.165, 1.54) is 9.80 Å². The molecule has 0 spiro atoms. The van der Waals surface area contributed by atoms with Crippen molar-refractivity contribution >= 4 is 17.6 Å². The van der Waals surface area contributed by atoms with Crippen molar-refractivity contribution < 1.29 is 14.4 Å². The van der Waals surface area contributed by atoms with Crippen LogP contribution in [0.5, 0.6) is 0 Å². The van der Waals surface area contributed by atoms with E-state index in [2.05, 4.69) is 0 Å². The van der Waals surface area contributed by atoms with Crippen molar-refractivity contribution in [1.82, 2.24) is 9.80 Å². The van der Waals surface area contributed by atoms with Crippen molar-refractivity contribution in [2.75, 3.05) is 19.6 Å². The molecule has 0 aliphatic carbocycles. The lowest BCUT2D eigenvalue weighted by molar-refractivity contribution is -0.156. The van der Waals surface area contributed by atoms with Gasteiger partial charge >= 0.3 is 11.8 Å². The third kappa shape index (κ3) is 3.29. The van der Waals surface area contributed by atoms with Crippen molar-refractivity contribution in [2.45, 2.75) is 26.8 Å². The van der Waals surface area contributed by atoms with E-state index in [4.69, 9.17) is 0 Å². The van der Waals surface area contributed by atoms with E-state index in [0.29, 0.717) is 18.7 Å². The molecule has 21 heavy (non-hydrogen) atoms. The number of nitrogens with zero attached hydrogens (tertiary/aromatic N) is 2. The molecule has 112 valence electrons. The zero-order chi connectivity index (χ0) is 15.6. The molecule has 1 fully saturated rings. The Labute approximate surface area is 124 Å². The second-order valence-corrected chi connectivity index (χ2v) is 5.61. The van der Waals surface area contributed by atoms with E-state index in [9.17, 15) is 14.4 Å². The molecule has 0 N–H and O–H groups in total. The number of Topliss-reactive ketones (excluding diaryl/α,β-unsaturated/α-hetero) is 1. The van der Waals surface area contributed by atoms with E-state index in [0.717, 1.165) is 5.56 Å². The molecular formula is C16H20N2O3. The summed E-state index contributed by atoms with van der Waals surface area (Å²) in [6, 6.07) is 7.24. The monoisotopic (exact) mass is 288 g/mol. The number of rotatable bonds is 4. The molecule has 2 rings (SSSR count). The molecule has 0 unspecified atom stereocenters. The van der Waals surface area contributed by atoms with Gasteiger partial charge in [0.1, 0.15) is 0 Å². The predicted octanol–water partition coefficient (Wildman–Crippen LogP) is 1.26. The maximum atomic E-state index is 12.2. The molecule has 0 saturated carbocycles. The third-order valence-corrected chi connectivity index (χ3v) is 3.64. The van der Waals surface area contributed by atoms with Crippen molar-refractivity contribution in [3.05, 3.63) is 35.4 Å². The topological polar surface area (TPSA) is 57.7 Å². The van der Waals surface area contributed by atoms with Crippen LogP contribution in [-0.2, 0) is 9.59 Å². The van der Waals surface area contributed by atoms with Gasteiger partial charge in [-0.05, 0) is 26.8 Å². The van der Waals surface area contributed by atoms with Gasteiger partial charge in [-0.2, -0.15) is 0 Å². The lowest BCUT2D eigenvalue weighted by atomic mass is 10.1. The normalized spacial score (nSPS) is 15.8. The van der Waals surface area contributed by atoms with Crippen LogP contribution in [-0.4, -0.2) is 53.1 Å². The molecule has 1 aliphatic heterocycles. The fourth-order valence-corrected chi connectivity index (χ4v) is 2.42. The summed E-state index contributed by atoms with van der Waals surface area (Å²) >= 11 is 0. The molecule has 5 nitrogen and oxygen atoms in total. The minimum Gasteiger partial charge on any atom is -0.330 e. The number of piperazine rings is 1. The van der Waals surface area contributed by atoms with E-state index >= 15 is 0 Å². The van der Waals surface area contributed by atoms with E-state index in [1.807, 2.05) is 32.9 Å². The Morgan fingerprint density at radius 2 is 1.90 bits per heavy atom.